The van der Waals surface area contributed by atoms with E-state index in [4.69, 9.17) is 24.1 Å². The molecule has 5 rings (SSSR count). The summed E-state index contributed by atoms with van der Waals surface area (Å²) in [5.41, 5.74) is 3.66. The molecule has 3 aromatic heterocycles. The number of halogens is 1. The maximum atomic E-state index is 14.0. The van der Waals surface area contributed by atoms with Gasteiger partial charge in [0.1, 0.15) is 24.2 Å². The van der Waals surface area contributed by atoms with Crippen LogP contribution in [0.1, 0.15) is 35.0 Å². The third kappa shape index (κ3) is 6.99. The minimum absolute atomic E-state index is 0.0120. The van der Waals surface area contributed by atoms with E-state index in [1.807, 2.05) is 37.3 Å². The van der Waals surface area contributed by atoms with E-state index in [1.165, 1.54) is 12.3 Å². The molecule has 1 fully saturated rings. The number of benzene rings is 1. The number of ketones is 1. The zero-order valence-corrected chi connectivity index (χ0v) is 23.9. The summed E-state index contributed by atoms with van der Waals surface area (Å²) < 4.78 is 32.3. The van der Waals surface area contributed by atoms with Gasteiger partial charge in [-0.1, -0.05) is 18.2 Å². The van der Waals surface area contributed by atoms with Crippen LogP contribution in [-0.2, 0) is 27.4 Å². The topological polar surface area (TPSA) is 101 Å². The van der Waals surface area contributed by atoms with E-state index < -0.39 is 12.1 Å². The van der Waals surface area contributed by atoms with Gasteiger partial charge in [0.2, 0.25) is 11.8 Å². The maximum absolute atomic E-state index is 14.0. The average molecular weight is 576 g/mol. The quantitative estimate of drug-likeness (QED) is 0.214. The van der Waals surface area contributed by atoms with Crippen molar-refractivity contribution < 1.29 is 28.2 Å². The molecule has 0 saturated carbocycles. The van der Waals surface area contributed by atoms with Crippen molar-refractivity contribution in [1.29, 1.82) is 0 Å². The van der Waals surface area contributed by atoms with Gasteiger partial charge in [0.05, 0.1) is 30.8 Å². The van der Waals surface area contributed by atoms with Crippen LogP contribution in [0.4, 0.5) is 4.39 Å². The Bertz CT molecular complexity index is 1500. The summed E-state index contributed by atoms with van der Waals surface area (Å²) in [7, 11) is 3.22. The van der Waals surface area contributed by atoms with Crippen molar-refractivity contribution in [2.24, 2.45) is 5.92 Å². The third-order valence-electron chi connectivity index (χ3n) is 7.19. The fourth-order valence-electron chi connectivity index (χ4n) is 5.07. The Labute approximate surface area is 244 Å². The Hall–Kier alpha value is -4.19. The van der Waals surface area contributed by atoms with Gasteiger partial charge in [0.15, 0.2) is 0 Å². The van der Waals surface area contributed by atoms with Crippen LogP contribution >= 0.6 is 0 Å². The molecule has 42 heavy (non-hydrogen) atoms. The smallest absolute Gasteiger partial charge is 0.236 e. The van der Waals surface area contributed by atoms with Crippen molar-refractivity contribution in [1.82, 2.24) is 24.8 Å². The summed E-state index contributed by atoms with van der Waals surface area (Å²) in [6.45, 7) is 3.62. The number of hydrogen-bond donors (Lipinski definition) is 0. The zero-order valence-electron chi connectivity index (χ0n) is 23.9. The van der Waals surface area contributed by atoms with Crippen molar-refractivity contribution in [2.45, 2.75) is 32.5 Å². The fourth-order valence-corrected chi connectivity index (χ4v) is 5.07. The molecule has 0 bridgehead atoms. The molecule has 0 aliphatic carbocycles. The highest BCUT2D eigenvalue weighted by atomic mass is 19.1. The first-order chi connectivity index (χ1) is 20.4. The molecule has 0 amide bonds. The number of nitrogens with zero attached hydrogens (tertiary/aromatic N) is 5. The van der Waals surface area contributed by atoms with E-state index in [9.17, 15) is 9.18 Å². The number of hydroxylamine groups is 2. The molecule has 1 saturated heterocycles. The number of Topliss-reactive ketones (excluding diaryl/α,β-unsaturated/α-hetero) is 1. The van der Waals surface area contributed by atoms with E-state index in [2.05, 4.69) is 9.97 Å². The van der Waals surface area contributed by atoms with Gasteiger partial charge in [-0.25, -0.2) is 9.67 Å². The van der Waals surface area contributed by atoms with Gasteiger partial charge in [0, 0.05) is 63.0 Å². The number of aromatic nitrogens is 4. The maximum Gasteiger partial charge on any atom is 0.236 e. The van der Waals surface area contributed by atoms with Crippen LogP contribution in [0.3, 0.4) is 0 Å². The molecule has 4 aromatic rings. The predicted molar refractivity (Wildman–Crippen MR) is 152 cm³/mol. The van der Waals surface area contributed by atoms with Gasteiger partial charge < -0.3 is 14.2 Å². The number of pyridine rings is 2. The predicted octanol–water partition coefficient (Wildman–Crippen LogP) is 4.45. The lowest BCUT2D eigenvalue weighted by molar-refractivity contribution is -0.155. The Morgan fingerprint density at radius 3 is 2.67 bits per heavy atom. The van der Waals surface area contributed by atoms with Crippen LogP contribution in [0.25, 0.3) is 5.69 Å². The van der Waals surface area contributed by atoms with Gasteiger partial charge in [-0.05, 0) is 42.8 Å². The molecule has 0 N–H and O–H groups in total. The molecular formula is C31H34FN5O5. The highest BCUT2D eigenvalue weighted by molar-refractivity contribution is 5.81. The minimum Gasteiger partial charge on any atom is -0.497 e. The van der Waals surface area contributed by atoms with Crippen LogP contribution in [-0.4, -0.2) is 64.5 Å². The van der Waals surface area contributed by atoms with Gasteiger partial charge in [-0.2, -0.15) is 9.45 Å². The van der Waals surface area contributed by atoms with Gasteiger partial charge in [-0.3, -0.25) is 14.6 Å². The number of hydrogen-bond acceptors (Lipinski definition) is 9. The number of methoxy groups -OCH3 is 2. The monoisotopic (exact) mass is 575 g/mol. The summed E-state index contributed by atoms with van der Waals surface area (Å²) in [6.07, 6.45) is 2.97. The Balaban J connectivity index is 1.36. The van der Waals surface area contributed by atoms with Crippen LogP contribution in [0, 0.1) is 18.8 Å². The number of rotatable bonds is 13. The Morgan fingerprint density at radius 1 is 1.10 bits per heavy atom. The highest BCUT2D eigenvalue weighted by Crippen LogP contribution is 2.37. The third-order valence-corrected chi connectivity index (χ3v) is 7.19. The van der Waals surface area contributed by atoms with E-state index in [0.717, 1.165) is 16.9 Å². The van der Waals surface area contributed by atoms with Gasteiger partial charge >= 0.3 is 0 Å². The lowest BCUT2D eigenvalue weighted by Gasteiger charge is -2.17. The Kier molecular flexibility index (Phi) is 9.52. The summed E-state index contributed by atoms with van der Waals surface area (Å²) in [5.74, 6) is 0.352. The fraction of sp³-hybridized carbons (Fsp3) is 0.355. The van der Waals surface area contributed by atoms with Crippen molar-refractivity contribution in [3.8, 4) is 17.3 Å². The van der Waals surface area contributed by atoms with E-state index in [1.54, 1.807) is 48.4 Å². The minimum atomic E-state index is -0.587. The molecule has 4 heterocycles. The van der Waals surface area contributed by atoms with Crippen LogP contribution in [0.15, 0.2) is 67.0 Å². The zero-order chi connectivity index (χ0) is 29.5. The second-order valence-electron chi connectivity index (χ2n) is 10.1. The first kappa shape index (κ1) is 29.3. The molecule has 1 aromatic carbocycles. The Morgan fingerprint density at radius 2 is 1.90 bits per heavy atom. The summed E-state index contributed by atoms with van der Waals surface area (Å²) in [4.78, 5) is 27.8. The number of carbonyl (C=O) groups is 1. The van der Waals surface area contributed by atoms with Gasteiger partial charge in [0.25, 0.3) is 0 Å². The number of para-hydroxylation sites is 1. The number of ether oxygens (including phenoxy) is 3. The molecule has 0 spiro atoms. The molecule has 0 unspecified atom stereocenters. The first-order valence-electron chi connectivity index (χ1n) is 13.7. The van der Waals surface area contributed by atoms with E-state index in [-0.39, 0.29) is 31.1 Å². The van der Waals surface area contributed by atoms with Crippen LogP contribution < -0.4 is 9.47 Å². The van der Waals surface area contributed by atoms with Gasteiger partial charge in [-0.15, -0.1) is 5.10 Å². The molecule has 1 aliphatic heterocycles. The molecule has 2 atom stereocenters. The molecule has 10 nitrogen and oxygen atoms in total. The molecule has 1 aliphatic rings. The molecule has 220 valence electrons. The standard InChI is InChI=1S/C31H34FN5O5/c1-21-28(18-26(38)15-23-19-36(13-14-39-2)42-30(23)22-9-11-34-29(32)16-22)37(25-7-5-4-6-8-25)35-31(21)41-20-24-17-27(40-3)10-12-33-24/h4-12,16-17,23,30H,13-15,18-20H2,1-3H3/t23-,30+/m1/s1. The van der Waals surface area contributed by atoms with E-state index >= 15 is 0 Å². The lowest BCUT2D eigenvalue weighted by atomic mass is 9.91. The van der Waals surface area contributed by atoms with Crippen LogP contribution in [0.5, 0.6) is 11.6 Å². The molecule has 0 radical (unpaired) electrons. The van der Waals surface area contributed by atoms with Crippen molar-refractivity contribution in [3.63, 3.8) is 0 Å². The first-order valence-corrected chi connectivity index (χ1v) is 13.7. The van der Waals surface area contributed by atoms with Crippen molar-refractivity contribution >= 4 is 5.78 Å². The second kappa shape index (κ2) is 13.6. The average Bonchev–Trinajstić information content (AvgIpc) is 3.55. The lowest BCUT2D eigenvalue weighted by Crippen LogP contribution is -2.24. The SMILES string of the molecule is COCCN1C[C@@H](CC(=O)Cc2c(C)c(OCc3cc(OC)ccn3)nn2-c2ccccc2)[C@H](c2ccnc(F)c2)O1. The summed E-state index contributed by atoms with van der Waals surface area (Å²) in [6, 6.07) is 16.3. The van der Waals surface area contributed by atoms with Crippen molar-refractivity contribution in [3.05, 3.63) is 95.5 Å². The largest absolute Gasteiger partial charge is 0.497 e. The summed E-state index contributed by atoms with van der Waals surface area (Å²) >= 11 is 0. The molecule has 11 heteroatoms. The highest BCUT2D eigenvalue weighted by Gasteiger charge is 2.37. The normalized spacial score (nSPS) is 17.0. The van der Waals surface area contributed by atoms with Crippen molar-refractivity contribution in [2.75, 3.05) is 33.9 Å². The van der Waals surface area contributed by atoms with Crippen LogP contribution in [0.2, 0.25) is 0 Å². The molecular weight excluding hydrogens is 541 g/mol. The summed E-state index contributed by atoms with van der Waals surface area (Å²) in [5, 5.41) is 6.51. The second-order valence-corrected chi connectivity index (χ2v) is 10.1. The number of carbonyl (C=O) groups excluding carboxylic acids is 1. The van der Waals surface area contributed by atoms with E-state index in [0.29, 0.717) is 42.6 Å².